The zero-order chi connectivity index (χ0) is 14.7. The molecule has 0 aliphatic carbocycles. The minimum atomic E-state index is -0.155. The summed E-state index contributed by atoms with van der Waals surface area (Å²) in [5, 5.41) is 0. The van der Waals surface area contributed by atoms with Gasteiger partial charge in [0.15, 0.2) is 0 Å². The first-order chi connectivity index (χ1) is 8.87. The summed E-state index contributed by atoms with van der Waals surface area (Å²) in [6, 6.07) is 0. The molecule has 0 aromatic carbocycles. The van der Waals surface area contributed by atoms with E-state index in [-0.39, 0.29) is 11.4 Å². The molecule has 0 amide bonds. The minimum Gasteiger partial charge on any atom is -0.462 e. The smallest absolute Gasteiger partial charge is 0.333 e. The zero-order valence-corrected chi connectivity index (χ0v) is 13.6. The lowest BCUT2D eigenvalue weighted by atomic mass is 9.91. The van der Waals surface area contributed by atoms with E-state index >= 15 is 0 Å². The molecule has 0 bridgehead atoms. The van der Waals surface area contributed by atoms with Crippen molar-refractivity contribution in [1.29, 1.82) is 0 Å². The Balaban J connectivity index is 3.68. The molecule has 0 heterocycles. The van der Waals surface area contributed by atoms with Crippen LogP contribution in [0.5, 0.6) is 0 Å². The molecule has 0 radical (unpaired) electrons. The second-order valence-electron chi connectivity index (χ2n) is 6.56. The normalized spacial score (nSPS) is 12.6. The van der Waals surface area contributed by atoms with E-state index < -0.39 is 0 Å². The van der Waals surface area contributed by atoms with Gasteiger partial charge < -0.3 is 4.74 Å². The first kappa shape index (κ1) is 18.2. The van der Waals surface area contributed by atoms with Crippen LogP contribution in [-0.2, 0) is 9.53 Å². The van der Waals surface area contributed by atoms with E-state index in [0.29, 0.717) is 6.61 Å². The van der Waals surface area contributed by atoms with E-state index in [1.54, 1.807) is 0 Å². The lowest BCUT2D eigenvalue weighted by Crippen LogP contribution is -2.09. The van der Waals surface area contributed by atoms with Gasteiger partial charge in [0.2, 0.25) is 0 Å². The maximum atomic E-state index is 11.7. The third kappa shape index (κ3) is 12.0. The molecule has 2 heteroatoms. The molecule has 0 saturated heterocycles. The van der Waals surface area contributed by atoms with Crippen molar-refractivity contribution in [2.45, 2.75) is 79.6 Å². The van der Waals surface area contributed by atoms with Crippen molar-refractivity contribution in [3.8, 4) is 0 Å². The fourth-order valence-electron chi connectivity index (χ4n) is 1.70. The lowest BCUT2D eigenvalue weighted by Gasteiger charge is -2.15. The van der Waals surface area contributed by atoms with E-state index in [2.05, 4.69) is 27.7 Å². The summed E-state index contributed by atoms with van der Waals surface area (Å²) in [7, 11) is 0. The van der Waals surface area contributed by atoms with Gasteiger partial charge in [0.25, 0.3) is 0 Å². The van der Waals surface area contributed by atoms with Gasteiger partial charge in [0, 0.05) is 5.57 Å². The Hall–Kier alpha value is -0.790. The highest BCUT2D eigenvalue weighted by Gasteiger charge is 2.10. The zero-order valence-electron chi connectivity index (χ0n) is 13.6. The molecule has 0 spiro atoms. The predicted octanol–water partition coefficient (Wildman–Crippen LogP) is 5.27. The molecular weight excluding hydrogens is 236 g/mol. The van der Waals surface area contributed by atoms with Crippen molar-refractivity contribution < 1.29 is 9.53 Å². The number of esters is 1. The number of ether oxygens (including phenoxy) is 1. The van der Waals surface area contributed by atoms with Crippen LogP contribution in [0.1, 0.15) is 79.6 Å². The number of carbonyl (C=O) groups excluding carboxylic acids is 1. The van der Waals surface area contributed by atoms with Gasteiger partial charge in [-0.15, -0.1) is 0 Å². The van der Waals surface area contributed by atoms with Gasteiger partial charge in [0.1, 0.15) is 0 Å². The monoisotopic (exact) mass is 268 g/mol. The summed E-state index contributed by atoms with van der Waals surface area (Å²) in [5.41, 5.74) is 0.960. The molecule has 0 unspecified atom stereocenters. The van der Waals surface area contributed by atoms with Gasteiger partial charge in [-0.2, -0.15) is 0 Å². The molecule has 19 heavy (non-hydrogen) atoms. The third-order valence-electron chi connectivity index (χ3n) is 3.07. The highest BCUT2D eigenvalue weighted by atomic mass is 16.5. The van der Waals surface area contributed by atoms with Crippen molar-refractivity contribution >= 4 is 5.97 Å². The average molecular weight is 268 g/mol. The van der Waals surface area contributed by atoms with Crippen LogP contribution in [0.3, 0.4) is 0 Å². The number of allylic oxidation sites excluding steroid dienone is 1. The van der Waals surface area contributed by atoms with Gasteiger partial charge in [-0.1, -0.05) is 65.9 Å². The Morgan fingerprint density at radius 3 is 2.21 bits per heavy atom. The largest absolute Gasteiger partial charge is 0.462 e. The lowest BCUT2D eigenvalue weighted by molar-refractivity contribution is -0.139. The second kappa shape index (κ2) is 10.1. The summed E-state index contributed by atoms with van der Waals surface area (Å²) in [6.45, 7) is 11.1. The predicted molar refractivity (Wildman–Crippen MR) is 82.2 cm³/mol. The van der Waals surface area contributed by atoms with Crippen LogP contribution in [0.25, 0.3) is 0 Å². The molecule has 0 N–H and O–H groups in total. The van der Waals surface area contributed by atoms with Gasteiger partial charge in [-0.3, -0.25) is 0 Å². The van der Waals surface area contributed by atoms with E-state index in [0.717, 1.165) is 24.8 Å². The standard InChI is InChI=1S/C17H32O2/c1-6-7-8-9-10-11-14-19-16(18)15(2)12-13-17(3,4)5/h12H,6-11,13-14H2,1-5H3. The third-order valence-corrected chi connectivity index (χ3v) is 3.07. The van der Waals surface area contributed by atoms with Crippen LogP contribution in [0.2, 0.25) is 0 Å². The van der Waals surface area contributed by atoms with Crippen LogP contribution in [-0.4, -0.2) is 12.6 Å². The number of hydrogen-bond acceptors (Lipinski definition) is 2. The Kier molecular flexibility index (Phi) is 9.63. The van der Waals surface area contributed by atoms with E-state index in [9.17, 15) is 4.79 Å². The maximum Gasteiger partial charge on any atom is 0.333 e. The number of carbonyl (C=O) groups is 1. The molecular formula is C17H32O2. The second-order valence-corrected chi connectivity index (χ2v) is 6.56. The van der Waals surface area contributed by atoms with Gasteiger partial charge in [-0.05, 0) is 25.2 Å². The molecule has 0 aliphatic rings. The first-order valence-corrected chi connectivity index (χ1v) is 7.70. The first-order valence-electron chi connectivity index (χ1n) is 7.70. The average Bonchev–Trinajstić information content (AvgIpc) is 2.33. The van der Waals surface area contributed by atoms with Crippen molar-refractivity contribution in [3.05, 3.63) is 11.6 Å². The van der Waals surface area contributed by atoms with Crippen LogP contribution in [0.4, 0.5) is 0 Å². The van der Waals surface area contributed by atoms with Crippen LogP contribution in [0.15, 0.2) is 11.6 Å². The van der Waals surface area contributed by atoms with E-state index in [4.69, 9.17) is 4.74 Å². The summed E-state index contributed by atoms with van der Waals surface area (Å²) >= 11 is 0. The molecule has 0 aromatic heterocycles. The Bertz CT molecular complexity index is 271. The highest BCUT2D eigenvalue weighted by molar-refractivity contribution is 5.87. The number of hydrogen-bond donors (Lipinski definition) is 0. The highest BCUT2D eigenvalue weighted by Crippen LogP contribution is 2.20. The molecule has 0 aliphatic heterocycles. The minimum absolute atomic E-state index is 0.155. The Morgan fingerprint density at radius 1 is 1.05 bits per heavy atom. The van der Waals surface area contributed by atoms with Crippen molar-refractivity contribution in [2.75, 3.05) is 6.61 Å². The van der Waals surface area contributed by atoms with Crippen LogP contribution in [0, 0.1) is 5.41 Å². The van der Waals surface area contributed by atoms with Crippen LogP contribution < -0.4 is 0 Å². The Morgan fingerprint density at radius 2 is 1.63 bits per heavy atom. The summed E-state index contributed by atoms with van der Waals surface area (Å²) in [6.07, 6.45) is 10.2. The number of rotatable bonds is 9. The van der Waals surface area contributed by atoms with Crippen LogP contribution >= 0.6 is 0 Å². The molecule has 0 atom stereocenters. The molecule has 0 fully saturated rings. The molecule has 0 rings (SSSR count). The maximum absolute atomic E-state index is 11.7. The molecule has 112 valence electrons. The van der Waals surface area contributed by atoms with Gasteiger partial charge in [-0.25, -0.2) is 4.79 Å². The summed E-state index contributed by atoms with van der Waals surface area (Å²) in [4.78, 5) is 11.7. The molecule has 0 aromatic rings. The van der Waals surface area contributed by atoms with Gasteiger partial charge in [0.05, 0.1) is 6.61 Å². The fourth-order valence-corrected chi connectivity index (χ4v) is 1.70. The summed E-state index contributed by atoms with van der Waals surface area (Å²) in [5.74, 6) is -0.155. The van der Waals surface area contributed by atoms with Crippen molar-refractivity contribution in [2.24, 2.45) is 5.41 Å². The quantitative estimate of drug-likeness (QED) is 0.323. The SMILES string of the molecule is CCCCCCCCOC(=O)C(C)=CCC(C)(C)C. The fraction of sp³-hybridized carbons (Fsp3) is 0.824. The molecule has 2 nitrogen and oxygen atoms in total. The molecule has 0 saturated carbocycles. The number of unbranched alkanes of at least 4 members (excludes halogenated alkanes) is 5. The van der Waals surface area contributed by atoms with E-state index in [1.807, 2.05) is 13.0 Å². The van der Waals surface area contributed by atoms with Crippen molar-refractivity contribution in [3.63, 3.8) is 0 Å². The van der Waals surface area contributed by atoms with E-state index in [1.165, 1.54) is 25.7 Å². The summed E-state index contributed by atoms with van der Waals surface area (Å²) < 4.78 is 5.27. The van der Waals surface area contributed by atoms with Crippen molar-refractivity contribution in [1.82, 2.24) is 0 Å². The topological polar surface area (TPSA) is 26.3 Å². The Labute approximate surface area is 119 Å². The van der Waals surface area contributed by atoms with Gasteiger partial charge >= 0.3 is 5.97 Å².